The van der Waals surface area contributed by atoms with Gasteiger partial charge in [0.05, 0.1) is 11.6 Å². The lowest BCUT2D eigenvalue weighted by Crippen LogP contribution is -2.20. The van der Waals surface area contributed by atoms with Crippen molar-refractivity contribution in [1.82, 2.24) is 9.13 Å². The molecule has 0 amide bonds. The minimum atomic E-state index is -0.817. The summed E-state index contributed by atoms with van der Waals surface area (Å²) in [6.45, 7) is 1.67. The van der Waals surface area contributed by atoms with Gasteiger partial charge >= 0.3 is 11.7 Å². The number of benzene rings is 1. The minimum absolute atomic E-state index is 0.122. The Morgan fingerprint density at radius 3 is 2.68 bits per heavy atom. The van der Waals surface area contributed by atoms with Crippen LogP contribution in [0.1, 0.15) is 12.5 Å². The number of imidazole rings is 1. The Labute approximate surface area is 110 Å². The van der Waals surface area contributed by atoms with Crippen LogP contribution in [0, 0.1) is 5.92 Å². The summed E-state index contributed by atoms with van der Waals surface area (Å²) in [7, 11) is 1.69. The van der Waals surface area contributed by atoms with Crippen molar-refractivity contribution in [2.45, 2.75) is 13.3 Å². The monoisotopic (exact) mass is 260 g/mol. The number of carbonyl (C=O) groups is 1. The van der Waals surface area contributed by atoms with E-state index in [-0.39, 0.29) is 5.69 Å². The Kier molecular flexibility index (Phi) is 3.55. The second kappa shape index (κ2) is 5.14. The summed E-state index contributed by atoms with van der Waals surface area (Å²) in [6.07, 6.45) is 3.84. The molecule has 0 aliphatic heterocycles. The zero-order chi connectivity index (χ0) is 14.0. The lowest BCUT2D eigenvalue weighted by Gasteiger charge is -2.08. The number of aliphatic carboxylic acids is 1. The maximum absolute atomic E-state index is 11.8. The predicted octanol–water partition coefficient (Wildman–Crippen LogP) is 1.44. The fourth-order valence-electron chi connectivity index (χ4n) is 1.93. The van der Waals surface area contributed by atoms with Gasteiger partial charge in [-0.1, -0.05) is 19.1 Å². The smallest absolute Gasteiger partial charge is 0.332 e. The molecular weight excluding hydrogens is 244 g/mol. The standard InChI is InChI=1S/C14H16N2O3/c1-10(13(17)18)8-11-4-3-5-12(9-11)16-7-6-15(2)14(16)19/h3-7,9-10H,8H2,1-2H3,(H,17,18). The molecule has 0 saturated heterocycles. The van der Waals surface area contributed by atoms with E-state index in [1.807, 2.05) is 24.3 Å². The molecule has 19 heavy (non-hydrogen) atoms. The van der Waals surface area contributed by atoms with Crippen molar-refractivity contribution in [2.75, 3.05) is 0 Å². The minimum Gasteiger partial charge on any atom is -0.481 e. The van der Waals surface area contributed by atoms with Crippen molar-refractivity contribution >= 4 is 5.97 Å². The third-order valence-electron chi connectivity index (χ3n) is 3.10. The summed E-state index contributed by atoms with van der Waals surface area (Å²) in [5.41, 5.74) is 1.53. The molecule has 2 aromatic rings. The van der Waals surface area contributed by atoms with Gasteiger partial charge < -0.3 is 9.67 Å². The molecule has 0 bridgehead atoms. The molecule has 1 unspecified atom stereocenters. The largest absolute Gasteiger partial charge is 0.481 e. The van der Waals surface area contributed by atoms with Gasteiger partial charge in [-0.2, -0.15) is 0 Å². The van der Waals surface area contributed by atoms with Gasteiger partial charge in [0.25, 0.3) is 0 Å². The van der Waals surface area contributed by atoms with Crippen LogP contribution in [-0.4, -0.2) is 20.2 Å². The molecule has 2 rings (SSSR count). The van der Waals surface area contributed by atoms with Crippen LogP contribution in [0.15, 0.2) is 41.5 Å². The maximum atomic E-state index is 11.8. The Morgan fingerprint density at radius 2 is 2.11 bits per heavy atom. The zero-order valence-corrected chi connectivity index (χ0v) is 10.9. The SMILES string of the molecule is CC(Cc1cccc(-n2ccn(C)c2=O)c1)C(=O)O. The van der Waals surface area contributed by atoms with Crippen LogP contribution in [0.25, 0.3) is 5.69 Å². The first-order valence-corrected chi connectivity index (χ1v) is 6.05. The van der Waals surface area contributed by atoms with E-state index in [9.17, 15) is 9.59 Å². The van der Waals surface area contributed by atoms with Gasteiger partial charge in [-0.25, -0.2) is 4.79 Å². The summed E-state index contributed by atoms with van der Waals surface area (Å²) in [4.78, 5) is 22.7. The Bertz CT molecular complexity index is 655. The molecule has 5 heteroatoms. The van der Waals surface area contributed by atoms with E-state index in [2.05, 4.69) is 0 Å². The van der Waals surface area contributed by atoms with Crippen LogP contribution in [-0.2, 0) is 18.3 Å². The average molecular weight is 260 g/mol. The van der Waals surface area contributed by atoms with E-state index in [1.54, 1.807) is 26.4 Å². The number of carboxylic acid groups (broad SMARTS) is 1. The van der Waals surface area contributed by atoms with Crippen molar-refractivity contribution in [1.29, 1.82) is 0 Å². The van der Waals surface area contributed by atoms with Crippen LogP contribution in [0.3, 0.4) is 0 Å². The second-order valence-corrected chi connectivity index (χ2v) is 4.67. The number of hydrogen-bond donors (Lipinski definition) is 1. The normalized spacial score (nSPS) is 12.3. The molecule has 1 aromatic carbocycles. The summed E-state index contributed by atoms with van der Waals surface area (Å²) in [5, 5.41) is 8.92. The van der Waals surface area contributed by atoms with Crippen LogP contribution in [0.5, 0.6) is 0 Å². The molecule has 5 nitrogen and oxygen atoms in total. The lowest BCUT2D eigenvalue weighted by molar-refractivity contribution is -0.141. The molecule has 1 N–H and O–H groups in total. The van der Waals surface area contributed by atoms with Gasteiger partial charge in [0, 0.05) is 19.4 Å². The van der Waals surface area contributed by atoms with Crippen molar-refractivity contribution < 1.29 is 9.90 Å². The molecule has 0 fully saturated rings. The summed E-state index contributed by atoms with van der Waals surface area (Å²) in [5.74, 6) is -1.26. The fourth-order valence-corrected chi connectivity index (χ4v) is 1.93. The van der Waals surface area contributed by atoms with Gasteiger partial charge in [0.15, 0.2) is 0 Å². The van der Waals surface area contributed by atoms with Crippen molar-refractivity contribution in [3.8, 4) is 5.69 Å². The summed E-state index contributed by atoms with van der Waals surface area (Å²) in [6, 6.07) is 7.38. The Hall–Kier alpha value is -2.30. The van der Waals surface area contributed by atoms with E-state index in [1.165, 1.54) is 9.13 Å². The lowest BCUT2D eigenvalue weighted by atomic mass is 10.0. The van der Waals surface area contributed by atoms with Gasteiger partial charge in [-0.05, 0) is 24.1 Å². The molecule has 0 saturated carbocycles. The molecule has 1 atom stereocenters. The van der Waals surface area contributed by atoms with E-state index >= 15 is 0 Å². The first kappa shape index (κ1) is 13.1. The van der Waals surface area contributed by atoms with Gasteiger partial charge in [-0.15, -0.1) is 0 Å². The number of carboxylic acids is 1. The van der Waals surface area contributed by atoms with Crippen LogP contribution < -0.4 is 5.69 Å². The number of hydrogen-bond acceptors (Lipinski definition) is 2. The Balaban J connectivity index is 2.32. The highest BCUT2D eigenvalue weighted by Crippen LogP contribution is 2.13. The summed E-state index contributed by atoms with van der Waals surface area (Å²) >= 11 is 0. The molecule has 0 radical (unpaired) electrons. The highest BCUT2D eigenvalue weighted by molar-refractivity contribution is 5.69. The third-order valence-corrected chi connectivity index (χ3v) is 3.10. The van der Waals surface area contributed by atoms with Crippen molar-refractivity contribution in [3.05, 3.63) is 52.7 Å². The molecule has 1 aromatic heterocycles. The van der Waals surface area contributed by atoms with Gasteiger partial charge in [0.2, 0.25) is 0 Å². The summed E-state index contributed by atoms with van der Waals surface area (Å²) < 4.78 is 3.03. The van der Waals surface area contributed by atoms with Crippen LogP contribution >= 0.6 is 0 Å². The van der Waals surface area contributed by atoms with E-state index in [4.69, 9.17) is 5.11 Å². The number of aromatic nitrogens is 2. The first-order valence-electron chi connectivity index (χ1n) is 6.05. The van der Waals surface area contributed by atoms with Crippen LogP contribution in [0.2, 0.25) is 0 Å². The van der Waals surface area contributed by atoms with Crippen LogP contribution in [0.4, 0.5) is 0 Å². The predicted molar refractivity (Wildman–Crippen MR) is 71.5 cm³/mol. The first-order chi connectivity index (χ1) is 8.99. The van der Waals surface area contributed by atoms with E-state index < -0.39 is 11.9 Å². The highest BCUT2D eigenvalue weighted by atomic mass is 16.4. The third kappa shape index (κ3) is 2.76. The van der Waals surface area contributed by atoms with E-state index in [0.717, 1.165) is 11.3 Å². The Morgan fingerprint density at radius 1 is 1.37 bits per heavy atom. The van der Waals surface area contributed by atoms with E-state index in [0.29, 0.717) is 6.42 Å². The molecule has 0 aliphatic carbocycles. The van der Waals surface area contributed by atoms with Crippen molar-refractivity contribution in [2.24, 2.45) is 13.0 Å². The average Bonchev–Trinajstić information content (AvgIpc) is 2.70. The number of rotatable bonds is 4. The fraction of sp³-hybridized carbons (Fsp3) is 0.286. The van der Waals surface area contributed by atoms with Gasteiger partial charge in [-0.3, -0.25) is 9.36 Å². The highest BCUT2D eigenvalue weighted by Gasteiger charge is 2.12. The quantitative estimate of drug-likeness (QED) is 0.904. The zero-order valence-electron chi connectivity index (χ0n) is 10.9. The van der Waals surface area contributed by atoms with Gasteiger partial charge in [0.1, 0.15) is 0 Å². The number of nitrogens with zero attached hydrogens (tertiary/aromatic N) is 2. The molecule has 1 heterocycles. The molecule has 100 valence electrons. The molecule has 0 aliphatic rings. The maximum Gasteiger partial charge on any atom is 0.332 e. The molecular formula is C14H16N2O3. The second-order valence-electron chi connectivity index (χ2n) is 4.67. The van der Waals surface area contributed by atoms with Crippen molar-refractivity contribution in [3.63, 3.8) is 0 Å². The topological polar surface area (TPSA) is 64.2 Å². The molecule has 0 spiro atoms. The number of aryl methyl sites for hydroxylation is 1.